The van der Waals surface area contributed by atoms with E-state index in [1.165, 1.54) is 102 Å². The molecule has 2 fully saturated rings. The number of aromatic nitrogens is 2. The fraction of sp³-hybridized carbons (Fsp3) is 0.382. The summed E-state index contributed by atoms with van der Waals surface area (Å²) in [5, 5.41) is 2.97. The number of benzene rings is 3. The van der Waals surface area contributed by atoms with Crippen LogP contribution in [0.15, 0.2) is 67.0 Å². The van der Waals surface area contributed by atoms with Gasteiger partial charge in [-0.2, -0.15) is 4.57 Å². The number of imidazole rings is 1. The maximum absolute atomic E-state index is 2.72. The van der Waals surface area contributed by atoms with Gasteiger partial charge >= 0.3 is 0 Å². The summed E-state index contributed by atoms with van der Waals surface area (Å²) in [6, 6.07) is 20.9. The van der Waals surface area contributed by atoms with Crippen molar-refractivity contribution in [3.05, 3.63) is 83.7 Å². The Hall–Kier alpha value is -2.91. The van der Waals surface area contributed by atoms with E-state index in [2.05, 4.69) is 76.1 Å². The van der Waals surface area contributed by atoms with Gasteiger partial charge in [0.2, 0.25) is 0 Å². The molecule has 0 radical (unpaired) electrons. The van der Waals surface area contributed by atoms with Crippen molar-refractivity contribution in [2.24, 2.45) is 0 Å². The van der Waals surface area contributed by atoms with Crippen LogP contribution in [-0.2, 0) is 6.54 Å². The van der Waals surface area contributed by atoms with Crippen molar-refractivity contribution in [3.63, 3.8) is 0 Å². The van der Waals surface area contributed by atoms with Gasteiger partial charge in [0.1, 0.15) is 24.6 Å². The number of nitrogens with zero attached hydrogens (tertiary/aromatic N) is 2. The molecule has 3 heterocycles. The molecule has 2 nitrogen and oxygen atoms in total. The van der Waals surface area contributed by atoms with Crippen molar-refractivity contribution < 1.29 is 4.57 Å². The molecular formula is C34H35N2S+. The fourth-order valence-electron chi connectivity index (χ4n) is 7.71. The van der Waals surface area contributed by atoms with Crippen molar-refractivity contribution in [3.8, 4) is 17.1 Å². The Morgan fingerprint density at radius 3 is 2.27 bits per heavy atom. The maximum Gasteiger partial charge on any atom is 0.294 e. The standard InChI is InChI=1S/C34H35N2S/c1-3-11-23(12-4-1)28-21-29(24-13-5-2-6-14-24)33-31(27-17-9-10-18-30(27)37-33)32(28)36-20-19-35-22-25-15-7-8-16-26(25)34(35)36/h7-10,15-21,23-24H,1-6,11-14,22H2/q+1. The highest BCUT2D eigenvalue weighted by molar-refractivity contribution is 7.26. The zero-order chi connectivity index (χ0) is 24.3. The van der Waals surface area contributed by atoms with E-state index in [4.69, 9.17) is 0 Å². The SMILES string of the molecule is c1ccc2c(c1)C[n+]1ccn(-c3c(C4CCCCC4)cc(C4CCCCC4)c4sc5ccccc5c34)c1-2. The number of thiophene rings is 1. The average molecular weight is 504 g/mol. The topological polar surface area (TPSA) is 8.81 Å². The van der Waals surface area contributed by atoms with Gasteiger partial charge in [-0.1, -0.05) is 74.9 Å². The van der Waals surface area contributed by atoms with E-state index < -0.39 is 0 Å². The molecule has 2 aromatic heterocycles. The Morgan fingerprint density at radius 1 is 0.757 bits per heavy atom. The Kier molecular flexibility index (Phi) is 5.28. The Bertz CT molecular complexity index is 1620. The number of rotatable bonds is 3. The first-order valence-electron chi connectivity index (χ1n) is 14.5. The van der Waals surface area contributed by atoms with E-state index in [0.717, 1.165) is 6.54 Å². The van der Waals surface area contributed by atoms with Gasteiger partial charge < -0.3 is 0 Å². The van der Waals surface area contributed by atoms with Crippen LogP contribution >= 0.6 is 11.3 Å². The first kappa shape index (κ1) is 22.1. The quantitative estimate of drug-likeness (QED) is 0.213. The third kappa shape index (κ3) is 3.46. The van der Waals surface area contributed by atoms with E-state index in [9.17, 15) is 0 Å². The van der Waals surface area contributed by atoms with Gasteiger partial charge in [-0.3, -0.25) is 0 Å². The molecule has 0 atom stereocenters. The molecule has 0 amide bonds. The summed E-state index contributed by atoms with van der Waals surface area (Å²) in [4.78, 5) is 0. The lowest BCUT2D eigenvalue weighted by Gasteiger charge is -2.28. The smallest absolute Gasteiger partial charge is 0.225 e. The summed E-state index contributed by atoms with van der Waals surface area (Å²) in [5.74, 6) is 2.73. The van der Waals surface area contributed by atoms with Crippen molar-refractivity contribution in [2.75, 3.05) is 0 Å². The number of hydrogen-bond donors (Lipinski definition) is 0. The van der Waals surface area contributed by atoms with Crippen LogP contribution in [0, 0.1) is 0 Å². The van der Waals surface area contributed by atoms with E-state index in [1.807, 2.05) is 11.3 Å². The second-order valence-electron chi connectivity index (χ2n) is 11.7. The Labute approximate surface area is 223 Å². The summed E-state index contributed by atoms with van der Waals surface area (Å²) in [5.41, 5.74) is 7.60. The molecule has 0 unspecified atom stereocenters. The van der Waals surface area contributed by atoms with Gasteiger partial charge in [0, 0.05) is 31.3 Å². The zero-order valence-electron chi connectivity index (χ0n) is 21.6. The van der Waals surface area contributed by atoms with Gasteiger partial charge in [0.05, 0.1) is 5.56 Å². The van der Waals surface area contributed by atoms with Crippen molar-refractivity contribution in [1.29, 1.82) is 0 Å². The predicted octanol–water partition coefficient (Wildman–Crippen LogP) is 9.26. The maximum atomic E-state index is 2.72. The van der Waals surface area contributed by atoms with E-state index in [1.54, 1.807) is 15.8 Å². The molecule has 186 valence electrons. The van der Waals surface area contributed by atoms with Crippen molar-refractivity contribution >= 4 is 31.5 Å². The third-order valence-corrected chi connectivity index (χ3v) is 10.7. The van der Waals surface area contributed by atoms with Crippen LogP contribution < -0.4 is 4.57 Å². The van der Waals surface area contributed by atoms with Crippen molar-refractivity contribution in [1.82, 2.24) is 4.57 Å². The van der Waals surface area contributed by atoms with Crippen LogP contribution in [0.3, 0.4) is 0 Å². The van der Waals surface area contributed by atoms with Gasteiger partial charge in [-0.15, -0.1) is 11.3 Å². The number of fused-ring (bicyclic) bond motifs is 6. The van der Waals surface area contributed by atoms with Crippen LogP contribution in [0.2, 0.25) is 0 Å². The highest BCUT2D eigenvalue weighted by Gasteiger charge is 2.35. The molecule has 0 saturated heterocycles. The van der Waals surface area contributed by atoms with Gasteiger partial charge in [-0.05, 0) is 61.3 Å². The molecule has 0 spiro atoms. The lowest BCUT2D eigenvalue weighted by Crippen LogP contribution is -2.30. The Balaban J connectivity index is 1.47. The van der Waals surface area contributed by atoms with Crippen molar-refractivity contribution in [2.45, 2.75) is 82.6 Å². The predicted molar refractivity (Wildman–Crippen MR) is 155 cm³/mol. The highest BCUT2D eigenvalue weighted by atomic mass is 32.1. The van der Waals surface area contributed by atoms with Crippen LogP contribution in [0.1, 0.15) is 92.7 Å². The van der Waals surface area contributed by atoms with E-state index in [0.29, 0.717) is 11.8 Å². The molecular weight excluding hydrogens is 468 g/mol. The van der Waals surface area contributed by atoms with Gasteiger partial charge in [-0.25, -0.2) is 4.57 Å². The van der Waals surface area contributed by atoms with Gasteiger partial charge in [0.15, 0.2) is 0 Å². The lowest BCUT2D eigenvalue weighted by molar-refractivity contribution is -0.671. The lowest BCUT2D eigenvalue weighted by atomic mass is 9.78. The summed E-state index contributed by atoms with van der Waals surface area (Å²) < 4.78 is 8.04. The fourth-order valence-corrected chi connectivity index (χ4v) is 9.01. The summed E-state index contributed by atoms with van der Waals surface area (Å²) in [6.07, 6.45) is 18.4. The number of hydrogen-bond acceptors (Lipinski definition) is 1. The Morgan fingerprint density at radius 2 is 1.46 bits per heavy atom. The molecule has 37 heavy (non-hydrogen) atoms. The average Bonchev–Trinajstić information content (AvgIpc) is 3.65. The molecule has 2 saturated carbocycles. The molecule has 1 aliphatic heterocycles. The second-order valence-corrected chi connectivity index (χ2v) is 12.7. The first-order valence-corrected chi connectivity index (χ1v) is 15.4. The normalized spacial score (nSPS) is 18.5. The minimum Gasteiger partial charge on any atom is -0.225 e. The molecule has 3 heteroatoms. The minimum atomic E-state index is 0.661. The first-order chi connectivity index (χ1) is 18.4. The molecule has 2 aliphatic carbocycles. The van der Waals surface area contributed by atoms with Gasteiger partial charge in [0.25, 0.3) is 5.82 Å². The van der Waals surface area contributed by atoms with E-state index in [-0.39, 0.29) is 0 Å². The van der Waals surface area contributed by atoms with Crippen LogP contribution in [0.5, 0.6) is 0 Å². The molecule has 0 bridgehead atoms. The molecule has 5 aromatic rings. The highest BCUT2D eigenvalue weighted by Crippen LogP contribution is 2.49. The third-order valence-electron chi connectivity index (χ3n) is 9.50. The van der Waals surface area contributed by atoms with E-state index >= 15 is 0 Å². The minimum absolute atomic E-state index is 0.661. The summed E-state index contributed by atoms with van der Waals surface area (Å²) >= 11 is 2.05. The molecule has 3 aliphatic rings. The van der Waals surface area contributed by atoms with Crippen LogP contribution in [0.4, 0.5) is 0 Å². The van der Waals surface area contributed by atoms with Crippen LogP contribution in [0.25, 0.3) is 37.2 Å². The molecule has 0 N–H and O–H groups in total. The zero-order valence-corrected chi connectivity index (χ0v) is 22.4. The second kappa shape index (κ2) is 8.84. The summed E-state index contributed by atoms with van der Waals surface area (Å²) in [6.45, 7) is 0.977. The molecule has 8 rings (SSSR count). The molecule has 3 aromatic carbocycles. The monoisotopic (exact) mass is 503 g/mol. The van der Waals surface area contributed by atoms with Crippen LogP contribution in [-0.4, -0.2) is 4.57 Å². The largest absolute Gasteiger partial charge is 0.294 e. The summed E-state index contributed by atoms with van der Waals surface area (Å²) in [7, 11) is 0.